The number of anilines is 1. The molecular formula is C15H19N3O4S2. The fourth-order valence-electron chi connectivity index (χ4n) is 2.12. The molecule has 0 aliphatic rings. The Labute approximate surface area is 144 Å². The van der Waals surface area contributed by atoms with Crippen LogP contribution < -0.4 is 10.6 Å². The maximum Gasteiger partial charge on any atom is 0.248 e. The summed E-state index contributed by atoms with van der Waals surface area (Å²) in [5, 5.41) is 5.54. The molecule has 1 aromatic heterocycles. The molecular weight excluding hydrogens is 350 g/mol. The van der Waals surface area contributed by atoms with E-state index < -0.39 is 27.7 Å². The molecule has 1 unspecified atom stereocenters. The van der Waals surface area contributed by atoms with E-state index in [2.05, 4.69) is 15.6 Å². The number of amides is 2. The van der Waals surface area contributed by atoms with Crippen molar-refractivity contribution in [1.29, 1.82) is 0 Å². The van der Waals surface area contributed by atoms with Crippen LogP contribution in [0.25, 0.3) is 10.2 Å². The first-order valence-electron chi connectivity index (χ1n) is 7.27. The van der Waals surface area contributed by atoms with E-state index in [0.29, 0.717) is 5.13 Å². The third-order valence-corrected chi connectivity index (χ3v) is 5.16. The van der Waals surface area contributed by atoms with Crippen LogP contribution in [0, 0.1) is 6.92 Å². The number of rotatable bonds is 6. The number of carbonyl (C=O) groups excluding carboxylic acids is 2. The van der Waals surface area contributed by atoms with Crippen molar-refractivity contribution in [2.24, 2.45) is 0 Å². The summed E-state index contributed by atoms with van der Waals surface area (Å²) in [7, 11) is -3.23. The van der Waals surface area contributed by atoms with E-state index in [0.717, 1.165) is 22.0 Å². The Balaban J connectivity index is 2.13. The van der Waals surface area contributed by atoms with E-state index in [4.69, 9.17) is 0 Å². The van der Waals surface area contributed by atoms with Crippen molar-refractivity contribution in [2.75, 3.05) is 17.3 Å². The minimum atomic E-state index is -3.23. The van der Waals surface area contributed by atoms with Crippen molar-refractivity contribution in [3.05, 3.63) is 23.8 Å². The highest BCUT2D eigenvalue weighted by molar-refractivity contribution is 7.90. The van der Waals surface area contributed by atoms with Crippen LogP contribution in [-0.2, 0) is 19.4 Å². The molecule has 2 N–H and O–H groups in total. The van der Waals surface area contributed by atoms with Gasteiger partial charge in [0.25, 0.3) is 0 Å². The smallest absolute Gasteiger partial charge is 0.248 e. The zero-order chi connectivity index (χ0) is 17.9. The van der Waals surface area contributed by atoms with Gasteiger partial charge < -0.3 is 10.6 Å². The van der Waals surface area contributed by atoms with E-state index in [1.54, 1.807) is 0 Å². The highest BCUT2D eigenvalue weighted by Crippen LogP contribution is 2.26. The summed E-state index contributed by atoms with van der Waals surface area (Å²) in [5.74, 6) is -1.07. The first-order valence-corrected chi connectivity index (χ1v) is 10.1. The number of benzene rings is 1. The van der Waals surface area contributed by atoms with Gasteiger partial charge in [-0.2, -0.15) is 0 Å². The number of carbonyl (C=O) groups is 2. The number of nitrogens with zero attached hydrogens (tertiary/aromatic N) is 1. The van der Waals surface area contributed by atoms with Crippen LogP contribution in [0.3, 0.4) is 0 Å². The minimum absolute atomic E-state index is 0.00818. The molecule has 0 bridgehead atoms. The average Bonchev–Trinajstić information content (AvgIpc) is 2.83. The number of hydrogen-bond acceptors (Lipinski definition) is 6. The molecule has 2 rings (SSSR count). The summed E-state index contributed by atoms with van der Waals surface area (Å²) in [5.41, 5.74) is 1.86. The second-order valence-electron chi connectivity index (χ2n) is 5.65. The zero-order valence-electron chi connectivity index (χ0n) is 13.6. The molecule has 1 aromatic carbocycles. The summed E-state index contributed by atoms with van der Waals surface area (Å²) < 4.78 is 23.5. The van der Waals surface area contributed by atoms with Gasteiger partial charge in [0, 0.05) is 13.2 Å². The van der Waals surface area contributed by atoms with E-state index in [1.807, 2.05) is 25.1 Å². The first-order chi connectivity index (χ1) is 11.1. The molecule has 130 valence electrons. The number of sulfone groups is 1. The van der Waals surface area contributed by atoms with E-state index in [9.17, 15) is 18.0 Å². The summed E-state index contributed by atoms with van der Waals surface area (Å²) in [4.78, 5) is 27.9. The lowest BCUT2D eigenvalue weighted by atomic mass is 10.2. The summed E-state index contributed by atoms with van der Waals surface area (Å²) >= 11 is 1.33. The number of aromatic nitrogens is 1. The van der Waals surface area contributed by atoms with Gasteiger partial charge >= 0.3 is 0 Å². The number of nitrogens with one attached hydrogen (secondary N) is 2. The van der Waals surface area contributed by atoms with Crippen molar-refractivity contribution in [1.82, 2.24) is 10.3 Å². The Morgan fingerprint density at radius 2 is 2.04 bits per heavy atom. The van der Waals surface area contributed by atoms with Crippen molar-refractivity contribution in [3.63, 3.8) is 0 Å². The first kappa shape index (κ1) is 18.3. The molecule has 0 saturated heterocycles. The monoisotopic (exact) mass is 369 g/mol. The lowest BCUT2D eigenvalue weighted by Crippen LogP contribution is -2.43. The van der Waals surface area contributed by atoms with Crippen LogP contribution >= 0.6 is 11.3 Å². The molecule has 0 fully saturated rings. The molecule has 0 saturated carbocycles. The molecule has 1 atom stereocenters. The van der Waals surface area contributed by atoms with Gasteiger partial charge in [-0.15, -0.1) is 0 Å². The second kappa shape index (κ2) is 7.27. The van der Waals surface area contributed by atoms with Gasteiger partial charge in [0.2, 0.25) is 11.8 Å². The number of aryl methyl sites for hydroxylation is 1. The van der Waals surface area contributed by atoms with E-state index >= 15 is 0 Å². The molecule has 2 aromatic rings. The van der Waals surface area contributed by atoms with Crippen LogP contribution in [-0.4, -0.2) is 43.3 Å². The fourth-order valence-corrected chi connectivity index (χ4v) is 3.75. The topological polar surface area (TPSA) is 105 Å². The van der Waals surface area contributed by atoms with Crippen LogP contribution in [0.2, 0.25) is 0 Å². The van der Waals surface area contributed by atoms with Crippen LogP contribution in [0.5, 0.6) is 0 Å². The highest BCUT2D eigenvalue weighted by Gasteiger charge is 2.22. The van der Waals surface area contributed by atoms with Crippen molar-refractivity contribution >= 4 is 48.3 Å². The largest absolute Gasteiger partial charge is 0.345 e. The highest BCUT2D eigenvalue weighted by atomic mass is 32.2. The fraction of sp³-hybridized carbons (Fsp3) is 0.400. The Bertz CT molecular complexity index is 874. The number of fused-ring (bicyclic) bond motifs is 1. The Kier molecular flexibility index (Phi) is 5.55. The predicted molar refractivity (Wildman–Crippen MR) is 94.9 cm³/mol. The quantitative estimate of drug-likeness (QED) is 0.802. The maximum absolute atomic E-state index is 12.4. The van der Waals surface area contributed by atoms with Crippen LogP contribution in [0.15, 0.2) is 18.2 Å². The molecule has 7 nitrogen and oxygen atoms in total. The van der Waals surface area contributed by atoms with Gasteiger partial charge in [-0.25, -0.2) is 13.4 Å². The number of hydrogen-bond donors (Lipinski definition) is 2. The lowest BCUT2D eigenvalue weighted by Gasteiger charge is -2.16. The molecule has 0 aliphatic heterocycles. The van der Waals surface area contributed by atoms with E-state index in [-0.39, 0.29) is 12.2 Å². The Morgan fingerprint density at radius 3 is 2.67 bits per heavy atom. The molecule has 24 heavy (non-hydrogen) atoms. The van der Waals surface area contributed by atoms with Crippen LogP contribution in [0.4, 0.5) is 5.13 Å². The molecule has 9 heteroatoms. The standard InChI is InChI=1S/C15H19N3O4S2/c1-9-4-5-11-13(8-9)23-15(17-11)18-14(20)12(16-10(2)19)6-7-24(3,21)22/h4-5,8,12H,6-7H2,1-3H3,(H,16,19)(H,17,18,20). The molecule has 0 radical (unpaired) electrons. The zero-order valence-corrected chi connectivity index (χ0v) is 15.3. The van der Waals surface area contributed by atoms with Gasteiger partial charge in [-0.05, 0) is 31.0 Å². The van der Waals surface area contributed by atoms with Crippen molar-refractivity contribution in [2.45, 2.75) is 26.3 Å². The Morgan fingerprint density at radius 1 is 1.33 bits per heavy atom. The maximum atomic E-state index is 12.4. The van der Waals surface area contributed by atoms with E-state index in [1.165, 1.54) is 18.3 Å². The lowest BCUT2D eigenvalue weighted by molar-refractivity contribution is -0.125. The summed E-state index contributed by atoms with van der Waals surface area (Å²) in [6, 6.07) is 4.84. The normalized spacial score (nSPS) is 12.8. The van der Waals surface area contributed by atoms with Gasteiger partial charge in [-0.1, -0.05) is 17.4 Å². The number of thiazole rings is 1. The SMILES string of the molecule is CC(=O)NC(CCS(C)(=O)=O)C(=O)Nc1nc2ccc(C)cc2s1. The molecule has 1 heterocycles. The van der Waals surface area contributed by atoms with Gasteiger partial charge in [-0.3, -0.25) is 9.59 Å². The van der Waals surface area contributed by atoms with Crippen molar-refractivity contribution < 1.29 is 18.0 Å². The Hall–Kier alpha value is -2.00. The molecule has 0 aliphatic carbocycles. The van der Waals surface area contributed by atoms with Crippen LogP contribution in [0.1, 0.15) is 18.9 Å². The third-order valence-electron chi connectivity index (χ3n) is 3.25. The van der Waals surface area contributed by atoms with Gasteiger partial charge in [0.05, 0.1) is 16.0 Å². The van der Waals surface area contributed by atoms with Gasteiger partial charge in [0.1, 0.15) is 15.9 Å². The predicted octanol–water partition coefficient (Wildman–Crippen LogP) is 1.48. The molecule has 2 amide bonds. The summed E-state index contributed by atoms with van der Waals surface area (Å²) in [6.07, 6.45) is 1.10. The second-order valence-corrected chi connectivity index (χ2v) is 8.94. The minimum Gasteiger partial charge on any atom is -0.345 e. The van der Waals surface area contributed by atoms with Crippen molar-refractivity contribution in [3.8, 4) is 0 Å². The summed E-state index contributed by atoms with van der Waals surface area (Å²) in [6.45, 7) is 3.25. The average molecular weight is 369 g/mol. The molecule has 0 spiro atoms. The van der Waals surface area contributed by atoms with Gasteiger partial charge in [0.15, 0.2) is 5.13 Å². The third kappa shape index (κ3) is 5.27.